The summed E-state index contributed by atoms with van der Waals surface area (Å²) in [7, 11) is -3.61. The number of rotatable bonds is 7. The summed E-state index contributed by atoms with van der Waals surface area (Å²) >= 11 is 0. The van der Waals surface area contributed by atoms with Gasteiger partial charge in [-0.2, -0.15) is 15.4 Å². The molecule has 3 atom stereocenters. The summed E-state index contributed by atoms with van der Waals surface area (Å²) in [6.45, 7) is 8.58. The van der Waals surface area contributed by atoms with E-state index in [1.54, 1.807) is 19.9 Å². The Balaban J connectivity index is 1.60. The number of anilines is 1. The first kappa shape index (κ1) is 28.7. The topological polar surface area (TPSA) is 113 Å². The molecule has 0 saturated carbocycles. The van der Waals surface area contributed by atoms with Crippen LogP contribution in [0.3, 0.4) is 0 Å². The molecule has 0 amide bonds. The van der Waals surface area contributed by atoms with Crippen LogP contribution < -0.4 is 9.62 Å². The molecule has 2 N–H and O–H groups in total. The van der Waals surface area contributed by atoms with Gasteiger partial charge in [0.1, 0.15) is 11.2 Å². The molecule has 0 radical (unpaired) electrons. The van der Waals surface area contributed by atoms with Crippen LogP contribution in [0.25, 0.3) is 5.57 Å². The number of aromatic amines is 1. The van der Waals surface area contributed by atoms with Gasteiger partial charge in [0, 0.05) is 36.1 Å². The van der Waals surface area contributed by atoms with Crippen LogP contribution in [-0.2, 0) is 25.8 Å². The molecular formula is C31H37FN6O3S. The minimum absolute atomic E-state index is 0.180. The highest BCUT2D eigenvalue weighted by Crippen LogP contribution is 2.56. The Morgan fingerprint density at radius 1 is 1.14 bits per heavy atom. The number of nitrogens with zero attached hydrogens (tertiary/aromatic N) is 4. The molecule has 6 rings (SSSR count). The van der Waals surface area contributed by atoms with Crippen LogP contribution in [-0.4, -0.2) is 55.6 Å². The van der Waals surface area contributed by atoms with Gasteiger partial charge >= 0.3 is 0 Å². The Kier molecular flexibility index (Phi) is 7.10. The van der Waals surface area contributed by atoms with Crippen molar-refractivity contribution < 1.29 is 17.5 Å². The molecule has 1 saturated heterocycles. The molecule has 222 valence electrons. The predicted molar refractivity (Wildman–Crippen MR) is 161 cm³/mol. The number of ether oxygens (including phenoxy) is 1. The average Bonchev–Trinajstić information content (AvgIpc) is 3.47. The number of hydrogen-bond donors (Lipinski definition) is 2. The molecule has 0 aliphatic carbocycles. The van der Waals surface area contributed by atoms with Gasteiger partial charge in [-0.15, -0.1) is 0 Å². The number of aromatic nitrogens is 3. The van der Waals surface area contributed by atoms with E-state index in [1.165, 1.54) is 0 Å². The Morgan fingerprint density at radius 3 is 2.50 bits per heavy atom. The lowest BCUT2D eigenvalue weighted by Crippen LogP contribution is -2.47. The number of H-pyrrole nitrogens is 1. The number of allylic oxidation sites excluding steroid dienone is 1. The molecule has 1 aromatic heterocycles. The maximum absolute atomic E-state index is 17.2. The molecule has 3 aliphatic rings. The second-order valence-corrected chi connectivity index (χ2v) is 14.0. The Hall–Kier alpha value is -3.41. The zero-order chi connectivity index (χ0) is 29.9. The van der Waals surface area contributed by atoms with Gasteiger partial charge in [-0.05, 0) is 58.1 Å². The Labute approximate surface area is 246 Å². The zero-order valence-corrected chi connectivity index (χ0v) is 25.4. The lowest BCUT2D eigenvalue weighted by Gasteiger charge is -2.44. The van der Waals surface area contributed by atoms with E-state index in [4.69, 9.17) is 9.73 Å². The van der Waals surface area contributed by atoms with Crippen LogP contribution in [0.5, 0.6) is 0 Å². The summed E-state index contributed by atoms with van der Waals surface area (Å²) in [5.41, 5.74) is 2.88. The van der Waals surface area contributed by atoms with E-state index in [9.17, 15) is 8.42 Å². The Bertz CT molecular complexity index is 1660. The number of fused-ring (bicyclic) bond motifs is 3. The summed E-state index contributed by atoms with van der Waals surface area (Å²) in [5, 5.41) is 11.3. The maximum Gasteiger partial charge on any atom is 0.209 e. The number of aliphatic imine (C=N–C) groups is 1. The van der Waals surface area contributed by atoms with Gasteiger partial charge in [0.05, 0.1) is 35.3 Å². The number of benzene rings is 2. The quantitative estimate of drug-likeness (QED) is 0.409. The molecule has 3 aliphatic heterocycles. The summed E-state index contributed by atoms with van der Waals surface area (Å²) in [6.07, 6.45) is 6.69. The van der Waals surface area contributed by atoms with Crippen molar-refractivity contribution in [2.75, 3.05) is 24.4 Å². The van der Waals surface area contributed by atoms with E-state index in [-0.39, 0.29) is 23.6 Å². The van der Waals surface area contributed by atoms with Crippen molar-refractivity contribution in [2.24, 2.45) is 10.9 Å². The van der Waals surface area contributed by atoms with Gasteiger partial charge in [0.2, 0.25) is 10.0 Å². The van der Waals surface area contributed by atoms with Crippen molar-refractivity contribution in [3.63, 3.8) is 0 Å². The van der Waals surface area contributed by atoms with E-state index >= 15 is 4.39 Å². The van der Waals surface area contributed by atoms with Crippen molar-refractivity contribution in [3.05, 3.63) is 82.4 Å². The summed E-state index contributed by atoms with van der Waals surface area (Å²) in [5.74, 6) is -0.252. The third kappa shape index (κ3) is 4.87. The van der Waals surface area contributed by atoms with Crippen molar-refractivity contribution in [3.8, 4) is 0 Å². The lowest BCUT2D eigenvalue weighted by atomic mass is 9.82. The van der Waals surface area contributed by atoms with Crippen molar-refractivity contribution in [2.45, 2.75) is 63.7 Å². The van der Waals surface area contributed by atoms with Gasteiger partial charge in [0.15, 0.2) is 5.82 Å². The third-order valence-corrected chi connectivity index (χ3v) is 9.75. The minimum Gasteiger partial charge on any atom is -0.381 e. The van der Waals surface area contributed by atoms with Crippen molar-refractivity contribution >= 4 is 27.5 Å². The molecule has 11 heteroatoms. The molecule has 2 unspecified atom stereocenters. The van der Waals surface area contributed by atoms with Crippen molar-refractivity contribution in [1.82, 2.24) is 20.1 Å². The first-order valence-corrected chi connectivity index (χ1v) is 16.2. The monoisotopic (exact) mass is 592 g/mol. The van der Waals surface area contributed by atoms with Gasteiger partial charge < -0.3 is 9.64 Å². The fourth-order valence-electron chi connectivity index (χ4n) is 6.95. The summed E-state index contributed by atoms with van der Waals surface area (Å²) in [6, 6.07) is 13.3. The first-order valence-electron chi connectivity index (χ1n) is 14.3. The highest BCUT2D eigenvalue weighted by molar-refractivity contribution is 7.88. The van der Waals surface area contributed by atoms with Crippen molar-refractivity contribution in [1.29, 1.82) is 0 Å². The fraction of sp³-hybridized carbons (Fsp3) is 0.452. The van der Waals surface area contributed by atoms with Crippen LogP contribution in [0.4, 0.5) is 10.1 Å². The zero-order valence-electron chi connectivity index (χ0n) is 24.6. The van der Waals surface area contributed by atoms with E-state index in [1.807, 2.05) is 44.3 Å². The van der Waals surface area contributed by atoms with Crippen LogP contribution in [0, 0.1) is 18.7 Å². The molecule has 9 nitrogen and oxygen atoms in total. The summed E-state index contributed by atoms with van der Waals surface area (Å²) in [4.78, 5) is 7.28. The van der Waals surface area contributed by atoms with E-state index in [0.717, 1.165) is 41.5 Å². The predicted octanol–water partition coefficient (Wildman–Crippen LogP) is 4.78. The number of aryl methyl sites for hydroxylation is 1. The minimum atomic E-state index is -3.61. The standard InChI is InChI=1S/C31H37FN6O3S/c1-19-27(35-37-34-19)22-17-25-31(4,33-18-22)24-12-11-23(30(2,3)36-42(5,39)40)26(32)29(24)38(25)28(20-9-7-6-8-10-20)21-13-15-41-16-14-21/h6-12,17-18,21,25,28,36H,13-16H2,1-5H3,(H,34,35,37)/t25?,28-,31?/m1/s1. The lowest BCUT2D eigenvalue weighted by molar-refractivity contribution is 0.0564. The fourth-order valence-corrected chi connectivity index (χ4v) is 7.99. The van der Waals surface area contributed by atoms with Crippen LogP contribution in [0.1, 0.15) is 67.7 Å². The largest absolute Gasteiger partial charge is 0.381 e. The third-order valence-electron chi connectivity index (χ3n) is 8.87. The highest BCUT2D eigenvalue weighted by atomic mass is 32.2. The normalized spacial score (nSPS) is 23.4. The molecule has 0 spiro atoms. The van der Waals surface area contributed by atoms with Gasteiger partial charge in [0.25, 0.3) is 0 Å². The first-order chi connectivity index (χ1) is 19.9. The molecular weight excluding hydrogens is 555 g/mol. The van der Waals surface area contributed by atoms with E-state index < -0.39 is 26.9 Å². The molecule has 3 aromatic rings. The Morgan fingerprint density at radius 2 is 1.86 bits per heavy atom. The van der Waals surface area contributed by atoms with Gasteiger partial charge in [-0.3, -0.25) is 4.99 Å². The van der Waals surface area contributed by atoms with Crippen LogP contribution in [0.2, 0.25) is 0 Å². The van der Waals surface area contributed by atoms with Crippen LogP contribution in [0.15, 0.2) is 53.5 Å². The smallest absolute Gasteiger partial charge is 0.209 e. The van der Waals surface area contributed by atoms with Gasteiger partial charge in [-0.1, -0.05) is 42.5 Å². The van der Waals surface area contributed by atoms with Gasteiger partial charge in [-0.25, -0.2) is 17.5 Å². The number of dihydropyridines is 1. The highest BCUT2D eigenvalue weighted by Gasteiger charge is 2.53. The van der Waals surface area contributed by atoms with E-state index in [2.05, 4.69) is 43.2 Å². The number of sulfonamides is 1. The SMILES string of the molecule is Cc1n[nH]nc1C1=CC2N([C@H](c3ccccc3)C3CCOCC3)c3c(ccc(C(C)(C)NS(C)(=O)=O)c3F)C2(C)N=C1. The second-order valence-electron chi connectivity index (χ2n) is 12.3. The number of nitrogens with one attached hydrogen (secondary N) is 2. The molecule has 42 heavy (non-hydrogen) atoms. The number of halogens is 1. The average molecular weight is 593 g/mol. The maximum atomic E-state index is 17.2. The van der Waals surface area contributed by atoms with Crippen LogP contribution >= 0.6 is 0 Å². The molecule has 4 heterocycles. The molecule has 0 bridgehead atoms. The van der Waals surface area contributed by atoms with E-state index in [0.29, 0.717) is 24.6 Å². The summed E-state index contributed by atoms with van der Waals surface area (Å²) < 4.78 is 50.1. The second kappa shape index (κ2) is 10.4. The molecule has 1 fully saturated rings. The number of hydrogen-bond acceptors (Lipinski definition) is 7. The molecule has 2 aromatic carbocycles.